The number of carbonyl (C=O) groups excluding carboxylic acids is 1. The van der Waals surface area contributed by atoms with E-state index in [1.807, 2.05) is 4.90 Å². The molecule has 0 radical (unpaired) electrons. The highest BCUT2D eigenvalue weighted by Gasteiger charge is 2.34. The maximum atomic E-state index is 12.1. The van der Waals surface area contributed by atoms with Crippen LogP contribution in [-0.4, -0.2) is 59.6 Å². The molecule has 17 heavy (non-hydrogen) atoms. The molecular weight excluding hydrogens is 216 g/mol. The molecule has 0 aromatic rings. The number of piperidine rings is 2. The SMILES string of the molecule is CN1CCC(O)(CC(=O)N2CCCCC2)CC1. The Morgan fingerprint density at radius 1 is 1.12 bits per heavy atom. The lowest BCUT2D eigenvalue weighted by Crippen LogP contribution is -2.47. The van der Waals surface area contributed by atoms with Crippen molar-refractivity contribution < 1.29 is 9.90 Å². The second-order valence-electron chi connectivity index (χ2n) is 5.65. The van der Waals surface area contributed by atoms with Crippen LogP contribution in [0, 0.1) is 0 Å². The summed E-state index contributed by atoms with van der Waals surface area (Å²) < 4.78 is 0. The van der Waals surface area contributed by atoms with Crippen molar-refractivity contribution >= 4 is 5.91 Å². The second kappa shape index (κ2) is 5.36. The molecule has 2 saturated heterocycles. The normalized spacial score (nSPS) is 25.9. The van der Waals surface area contributed by atoms with Gasteiger partial charge in [-0.15, -0.1) is 0 Å². The fraction of sp³-hybridized carbons (Fsp3) is 0.923. The van der Waals surface area contributed by atoms with Gasteiger partial charge in [-0.05, 0) is 39.2 Å². The lowest BCUT2D eigenvalue weighted by Gasteiger charge is -2.38. The Balaban J connectivity index is 1.84. The van der Waals surface area contributed by atoms with E-state index >= 15 is 0 Å². The fourth-order valence-corrected chi connectivity index (χ4v) is 2.75. The topological polar surface area (TPSA) is 43.8 Å². The molecule has 0 saturated carbocycles. The lowest BCUT2D eigenvalue weighted by molar-refractivity contribution is -0.139. The summed E-state index contributed by atoms with van der Waals surface area (Å²) in [6, 6.07) is 0. The third-order valence-electron chi connectivity index (χ3n) is 4.11. The number of likely N-dealkylation sites (tertiary alicyclic amines) is 2. The van der Waals surface area contributed by atoms with Crippen molar-refractivity contribution in [3.63, 3.8) is 0 Å². The van der Waals surface area contributed by atoms with Crippen LogP contribution in [0.25, 0.3) is 0 Å². The van der Waals surface area contributed by atoms with Gasteiger partial charge in [0.05, 0.1) is 12.0 Å². The average Bonchev–Trinajstić information content (AvgIpc) is 2.34. The molecule has 4 nitrogen and oxygen atoms in total. The number of amides is 1. The molecule has 1 amide bonds. The Bertz CT molecular complexity index is 267. The van der Waals surface area contributed by atoms with Crippen molar-refractivity contribution in [3.8, 4) is 0 Å². The monoisotopic (exact) mass is 240 g/mol. The molecule has 2 aliphatic heterocycles. The van der Waals surface area contributed by atoms with Crippen molar-refractivity contribution in [1.29, 1.82) is 0 Å². The van der Waals surface area contributed by atoms with Gasteiger partial charge in [-0.2, -0.15) is 0 Å². The van der Waals surface area contributed by atoms with E-state index in [4.69, 9.17) is 0 Å². The van der Waals surface area contributed by atoms with Gasteiger partial charge in [0.1, 0.15) is 0 Å². The number of hydrogen-bond acceptors (Lipinski definition) is 3. The van der Waals surface area contributed by atoms with Crippen LogP contribution in [0.3, 0.4) is 0 Å². The predicted octanol–water partition coefficient (Wildman–Crippen LogP) is 0.846. The Morgan fingerprint density at radius 2 is 1.71 bits per heavy atom. The van der Waals surface area contributed by atoms with Gasteiger partial charge < -0.3 is 14.9 Å². The Kier molecular flexibility index (Phi) is 4.05. The summed E-state index contributed by atoms with van der Waals surface area (Å²) in [4.78, 5) is 16.2. The van der Waals surface area contributed by atoms with E-state index in [2.05, 4.69) is 11.9 Å². The molecule has 4 heteroatoms. The third kappa shape index (κ3) is 3.42. The minimum absolute atomic E-state index is 0.150. The molecule has 2 rings (SSSR count). The maximum absolute atomic E-state index is 12.1. The van der Waals surface area contributed by atoms with Gasteiger partial charge in [0.25, 0.3) is 0 Å². The van der Waals surface area contributed by atoms with E-state index in [9.17, 15) is 9.90 Å². The van der Waals surface area contributed by atoms with Crippen LogP contribution < -0.4 is 0 Å². The Hall–Kier alpha value is -0.610. The molecule has 98 valence electrons. The summed E-state index contributed by atoms with van der Waals surface area (Å²) >= 11 is 0. The number of rotatable bonds is 2. The summed E-state index contributed by atoms with van der Waals surface area (Å²) in [5.74, 6) is 0.150. The van der Waals surface area contributed by atoms with Crippen molar-refractivity contribution in [2.75, 3.05) is 33.2 Å². The van der Waals surface area contributed by atoms with Gasteiger partial charge in [0.15, 0.2) is 0 Å². The molecular formula is C13H24N2O2. The summed E-state index contributed by atoms with van der Waals surface area (Å²) in [7, 11) is 2.06. The smallest absolute Gasteiger partial charge is 0.225 e. The largest absolute Gasteiger partial charge is 0.389 e. The van der Waals surface area contributed by atoms with Gasteiger partial charge in [-0.3, -0.25) is 4.79 Å². The first-order valence-electron chi connectivity index (χ1n) is 6.78. The quantitative estimate of drug-likeness (QED) is 0.778. The molecule has 0 spiro atoms. The number of nitrogens with zero attached hydrogens (tertiary/aromatic N) is 2. The predicted molar refractivity (Wildman–Crippen MR) is 66.7 cm³/mol. The fourth-order valence-electron chi connectivity index (χ4n) is 2.75. The van der Waals surface area contributed by atoms with E-state index < -0.39 is 5.60 Å². The lowest BCUT2D eigenvalue weighted by atomic mass is 9.87. The molecule has 0 atom stereocenters. The second-order valence-corrected chi connectivity index (χ2v) is 5.65. The van der Waals surface area contributed by atoms with Crippen LogP contribution in [0.5, 0.6) is 0 Å². The minimum Gasteiger partial charge on any atom is -0.389 e. The summed E-state index contributed by atoms with van der Waals surface area (Å²) in [5.41, 5.74) is -0.749. The van der Waals surface area contributed by atoms with Crippen LogP contribution in [0.4, 0.5) is 0 Å². The van der Waals surface area contributed by atoms with Crippen LogP contribution >= 0.6 is 0 Å². The van der Waals surface area contributed by atoms with Crippen LogP contribution in [-0.2, 0) is 4.79 Å². The van der Waals surface area contributed by atoms with Gasteiger partial charge in [0, 0.05) is 26.2 Å². The molecule has 2 fully saturated rings. The van der Waals surface area contributed by atoms with E-state index in [0.717, 1.165) is 51.9 Å². The Labute approximate surface area is 104 Å². The maximum Gasteiger partial charge on any atom is 0.225 e. The summed E-state index contributed by atoms with van der Waals surface area (Å²) in [5, 5.41) is 10.4. The summed E-state index contributed by atoms with van der Waals surface area (Å²) in [6.45, 7) is 3.55. The number of hydrogen-bond donors (Lipinski definition) is 1. The molecule has 0 bridgehead atoms. The van der Waals surface area contributed by atoms with Crippen LogP contribution in [0.1, 0.15) is 38.5 Å². The molecule has 1 N–H and O–H groups in total. The zero-order valence-electron chi connectivity index (χ0n) is 10.8. The average molecular weight is 240 g/mol. The number of carbonyl (C=O) groups is 1. The van der Waals surface area contributed by atoms with Crippen LogP contribution in [0.15, 0.2) is 0 Å². The zero-order valence-corrected chi connectivity index (χ0v) is 10.8. The highest BCUT2D eigenvalue weighted by molar-refractivity contribution is 5.77. The van der Waals surface area contributed by atoms with Crippen molar-refractivity contribution in [1.82, 2.24) is 9.80 Å². The van der Waals surface area contributed by atoms with E-state index in [0.29, 0.717) is 6.42 Å². The Morgan fingerprint density at radius 3 is 2.29 bits per heavy atom. The first-order valence-corrected chi connectivity index (χ1v) is 6.78. The molecule has 0 aromatic carbocycles. The first-order chi connectivity index (χ1) is 8.09. The van der Waals surface area contributed by atoms with Gasteiger partial charge >= 0.3 is 0 Å². The highest BCUT2D eigenvalue weighted by Crippen LogP contribution is 2.26. The highest BCUT2D eigenvalue weighted by atomic mass is 16.3. The molecule has 2 aliphatic rings. The van der Waals surface area contributed by atoms with Crippen molar-refractivity contribution in [3.05, 3.63) is 0 Å². The van der Waals surface area contributed by atoms with Gasteiger partial charge in [-0.1, -0.05) is 0 Å². The van der Waals surface area contributed by atoms with Crippen LogP contribution in [0.2, 0.25) is 0 Å². The zero-order chi connectivity index (χ0) is 12.3. The molecule has 2 heterocycles. The standard InChI is InChI=1S/C13H24N2O2/c1-14-9-5-13(17,6-10-14)11-12(16)15-7-3-2-4-8-15/h17H,2-11H2,1H3. The number of aliphatic hydroxyl groups is 1. The molecule has 0 unspecified atom stereocenters. The van der Waals surface area contributed by atoms with E-state index in [1.54, 1.807) is 0 Å². The molecule has 0 aromatic heterocycles. The van der Waals surface area contributed by atoms with Crippen molar-refractivity contribution in [2.45, 2.75) is 44.1 Å². The molecule has 0 aliphatic carbocycles. The minimum atomic E-state index is -0.749. The van der Waals surface area contributed by atoms with Crippen molar-refractivity contribution in [2.24, 2.45) is 0 Å². The van der Waals surface area contributed by atoms with Gasteiger partial charge in [0.2, 0.25) is 5.91 Å². The summed E-state index contributed by atoms with van der Waals surface area (Å²) in [6.07, 6.45) is 5.24. The first kappa shape index (κ1) is 12.8. The van der Waals surface area contributed by atoms with E-state index in [1.165, 1.54) is 6.42 Å². The third-order valence-corrected chi connectivity index (χ3v) is 4.11. The van der Waals surface area contributed by atoms with Gasteiger partial charge in [-0.25, -0.2) is 0 Å². The van der Waals surface area contributed by atoms with E-state index in [-0.39, 0.29) is 5.91 Å².